The SMILES string of the molecule is C[C@@H](Oc1ccccc1)C(=O)N1CCCN(S(=O)(=O)c2cnn(C)c2)CC1. The lowest BCUT2D eigenvalue weighted by Gasteiger charge is -2.25. The summed E-state index contributed by atoms with van der Waals surface area (Å²) in [7, 11) is -1.93. The standard InChI is InChI=1S/C18H24N4O4S/c1-15(26-16-7-4-3-5-8-16)18(23)21-9-6-10-22(12-11-21)27(24,25)17-13-19-20(2)14-17/h3-5,7-8,13-15H,6,9-12H2,1-2H3/t15-/m1/s1. The number of rotatable bonds is 5. The van der Waals surface area contributed by atoms with Gasteiger partial charge in [0.1, 0.15) is 10.6 Å². The first kappa shape index (κ1) is 19.4. The number of hydrogen-bond acceptors (Lipinski definition) is 5. The molecule has 2 heterocycles. The zero-order valence-electron chi connectivity index (χ0n) is 15.5. The molecule has 0 bridgehead atoms. The molecule has 0 aliphatic carbocycles. The summed E-state index contributed by atoms with van der Waals surface area (Å²) >= 11 is 0. The molecule has 1 aromatic carbocycles. The molecule has 0 saturated carbocycles. The van der Waals surface area contributed by atoms with Crippen LogP contribution in [-0.4, -0.2) is 65.6 Å². The van der Waals surface area contributed by atoms with E-state index in [2.05, 4.69) is 5.10 Å². The lowest BCUT2D eigenvalue weighted by Crippen LogP contribution is -2.43. The topological polar surface area (TPSA) is 84.7 Å². The van der Waals surface area contributed by atoms with E-state index in [-0.39, 0.29) is 17.3 Å². The number of nitrogens with zero attached hydrogens (tertiary/aromatic N) is 4. The normalized spacial score (nSPS) is 17.3. The Kier molecular flexibility index (Phi) is 5.81. The van der Waals surface area contributed by atoms with Gasteiger partial charge in [0.25, 0.3) is 5.91 Å². The lowest BCUT2D eigenvalue weighted by molar-refractivity contribution is -0.137. The first-order chi connectivity index (χ1) is 12.9. The third kappa shape index (κ3) is 4.48. The predicted octanol–water partition coefficient (Wildman–Crippen LogP) is 1.11. The molecular weight excluding hydrogens is 368 g/mol. The second-order valence-corrected chi connectivity index (χ2v) is 8.44. The summed E-state index contributed by atoms with van der Waals surface area (Å²) in [4.78, 5) is 14.5. The minimum atomic E-state index is -3.60. The second kappa shape index (κ2) is 8.10. The Bertz CT molecular complexity index is 882. The average Bonchev–Trinajstić information content (AvgIpc) is 2.95. The van der Waals surface area contributed by atoms with Gasteiger partial charge < -0.3 is 9.64 Å². The number of aromatic nitrogens is 2. The molecule has 1 amide bonds. The number of carbonyl (C=O) groups excluding carboxylic acids is 1. The van der Waals surface area contributed by atoms with Gasteiger partial charge in [-0.05, 0) is 25.5 Å². The van der Waals surface area contributed by atoms with Gasteiger partial charge in [-0.3, -0.25) is 9.48 Å². The van der Waals surface area contributed by atoms with Gasteiger partial charge in [-0.15, -0.1) is 0 Å². The fraction of sp³-hybridized carbons (Fsp3) is 0.444. The van der Waals surface area contributed by atoms with Crippen molar-refractivity contribution < 1.29 is 17.9 Å². The average molecular weight is 392 g/mol. The number of hydrogen-bond donors (Lipinski definition) is 0. The molecule has 0 N–H and O–H groups in total. The van der Waals surface area contributed by atoms with Gasteiger partial charge in [-0.1, -0.05) is 18.2 Å². The molecule has 0 spiro atoms. The van der Waals surface area contributed by atoms with E-state index in [1.165, 1.54) is 21.4 Å². The van der Waals surface area contributed by atoms with Crippen LogP contribution in [-0.2, 0) is 21.9 Å². The summed E-state index contributed by atoms with van der Waals surface area (Å²) in [5.74, 6) is 0.494. The minimum Gasteiger partial charge on any atom is -0.481 e. The van der Waals surface area contributed by atoms with E-state index in [0.717, 1.165) is 0 Å². The summed E-state index contributed by atoms with van der Waals surface area (Å²) in [5, 5.41) is 3.94. The van der Waals surface area contributed by atoms with E-state index in [1.54, 1.807) is 31.0 Å². The van der Waals surface area contributed by atoms with Crippen LogP contribution in [0.1, 0.15) is 13.3 Å². The van der Waals surface area contributed by atoms with Crippen LogP contribution < -0.4 is 4.74 Å². The van der Waals surface area contributed by atoms with Crippen LogP contribution >= 0.6 is 0 Å². The number of sulfonamides is 1. The Balaban J connectivity index is 1.63. The van der Waals surface area contributed by atoms with E-state index in [1.807, 2.05) is 18.2 Å². The molecule has 1 aromatic heterocycles. The van der Waals surface area contributed by atoms with Crippen molar-refractivity contribution in [2.24, 2.45) is 7.05 Å². The second-order valence-electron chi connectivity index (χ2n) is 6.51. The van der Waals surface area contributed by atoms with Crippen molar-refractivity contribution >= 4 is 15.9 Å². The van der Waals surface area contributed by atoms with Crippen molar-refractivity contribution in [3.05, 3.63) is 42.7 Å². The maximum atomic E-state index is 12.7. The van der Waals surface area contributed by atoms with Crippen molar-refractivity contribution in [2.75, 3.05) is 26.2 Å². The highest BCUT2D eigenvalue weighted by molar-refractivity contribution is 7.89. The summed E-state index contributed by atoms with van der Waals surface area (Å²) in [6.07, 6.45) is 2.77. The molecular formula is C18H24N4O4S. The quantitative estimate of drug-likeness (QED) is 0.761. The van der Waals surface area contributed by atoms with Gasteiger partial charge in [0.05, 0.1) is 6.20 Å². The molecule has 27 heavy (non-hydrogen) atoms. The molecule has 9 heteroatoms. The first-order valence-corrected chi connectivity index (χ1v) is 10.3. The Morgan fingerprint density at radius 3 is 2.56 bits per heavy atom. The van der Waals surface area contributed by atoms with Crippen LogP contribution in [0.3, 0.4) is 0 Å². The molecule has 3 rings (SSSR count). The molecule has 146 valence electrons. The summed E-state index contributed by atoms with van der Waals surface area (Å²) in [5.41, 5.74) is 0. The maximum absolute atomic E-state index is 12.7. The van der Waals surface area contributed by atoms with Crippen LogP contribution in [0.5, 0.6) is 5.75 Å². The van der Waals surface area contributed by atoms with E-state index in [9.17, 15) is 13.2 Å². The number of benzene rings is 1. The maximum Gasteiger partial charge on any atom is 0.263 e. The number of aryl methyl sites for hydroxylation is 1. The molecule has 2 aromatic rings. The molecule has 1 atom stereocenters. The van der Waals surface area contributed by atoms with Crippen LogP contribution in [0.15, 0.2) is 47.6 Å². The Morgan fingerprint density at radius 1 is 1.15 bits per heavy atom. The van der Waals surface area contributed by atoms with Gasteiger partial charge in [0.15, 0.2) is 6.10 Å². The summed E-state index contributed by atoms with van der Waals surface area (Å²) < 4.78 is 34.1. The summed E-state index contributed by atoms with van der Waals surface area (Å²) in [6.45, 7) is 3.17. The van der Waals surface area contributed by atoms with Gasteiger partial charge in [0, 0.05) is 39.4 Å². The van der Waals surface area contributed by atoms with E-state index in [4.69, 9.17) is 4.74 Å². The van der Waals surface area contributed by atoms with Crippen LogP contribution in [0.25, 0.3) is 0 Å². The van der Waals surface area contributed by atoms with Gasteiger partial charge in [-0.25, -0.2) is 8.42 Å². The first-order valence-electron chi connectivity index (χ1n) is 8.87. The fourth-order valence-corrected chi connectivity index (χ4v) is 4.50. The Labute approximate surface area is 159 Å². The number of carbonyl (C=O) groups is 1. The lowest BCUT2D eigenvalue weighted by atomic mass is 10.3. The Morgan fingerprint density at radius 2 is 1.89 bits per heavy atom. The number of ether oxygens (including phenoxy) is 1. The highest BCUT2D eigenvalue weighted by Crippen LogP contribution is 2.18. The van der Waals surface area contributed by atoms with E-state index >= 15 is 0 Å². The third-order valence-electron chi connectivity index (χ3n) is 4.49. The largest absolute Gasteiger partial charge is 0.481 e. The van der Waals surface area contributed by atoms with Crippen molar-refractivity contribution in [2.45, 2.75) is 24.3 Å². The molecule has 1 aliphatic rings. The van der Waals surface area contributed by atoms with Gasteiger partial charge in [-0.2, -0.15) is 9.40 Å². The molecule has 1 aliphatic heterocycles. The monoisotopic (exact) mass is 392 g/mol. The molecule has 1 fully saturated rings. The highest BCUT2D eigenvalue weighted by Gasteiger charge is 2.30. The van der Waals surface area contributed by atoms with Gasteiger partial charge >= 0.3 is 0 Å². The van der Waals surface area contributed by atoms with Crippen LogP contribution in [0.2, 0.25) is 0 Å². The number of para-hydroxylation sites is 1. The molecule has 8 nitrogen and oxygen atoms in total. The highest BCUT2D eigenvalue weighted by atomic mass is 32.2. The van der Waals surface area contributed by atoms with Crippen molar-refractivity contribution in [3.8, 4) is 5.75 Å². The predicted molar refractivity (Wildman–Crippen MR) is 99.7 cm³/mol. The third-order valence-corrected chi connectivity index (χ3v) is 6.34. The smallest absolute Gasteiger partial charge is 0.263 e. The van der Waals surface area contributed by atoms with Crippen LogP contribution in [0.4, 0.5) is 0 Å². The fourth-order valence-electron chi connectivity index (χ4n) is 3.05. The minimum absolute atomic E-state index is 0.139. The Hall–Kier alpha value is -2.39. The van der Waals surface area contributed by atoms with Crippen molar-refractivity contribution in [1.82, 2.24) is 19.0 Å². The zero-order valence-corrected chi connectivity index (χ0v) is 16.3. The van der Waals surface area contributed by atoms with Gasteiger partial charge in [0.2, 0.25) is 10.0 Å². The van der Waals surface area contributed by atoms with E-state index < -0.39 is 16.1 Å². The molecule has 0 radical (unpaired) electrons. The zero-order chi connectivity index (χ0) is 19.4. The summed E-state index contributed by atoms with van der Waals surface area (Å²) in [6, 6.07) is 9.17. The molecule has 1 saturated heterocycles. The number of amides is 1. The molecule has 0 unspecified atom stereocenters. The van der Waals surface area contributed by atoms with Crippen molar-refractivity contribution in [3.63, 3.8) is 0 Å². The van der Waals surface area contributed by atoms with E-state index in [0.29, 0.717) is 31.8 Å². The van der Waals surface area contributed by atoms with Crippen molar-refractivity contribution in [1.29, 1.82) is 0 Å². The van der Waals surface area contributed by atoms with Crippen LogP contribution in [0, 0.1) is 0 Å².